The molecule has 1 aliphatic carbocycles. The molecule has 154 valence electrons. The lowest BCUT2D eigenvalue weighted by Crippen LogP contribution is -2.37. The topological polar surface area (TPSA) is 57.7 Å². The standard InChI is InChI=1S/C22H32N2O3S/c1-21(2)13-18-14-22(3,15-21)16-24(18)20(25)17-7-9-19(10-8-17)28(26,27)23-11-5-4-6-12-23/h7-10,18H,4-6,11-16H2,1-3H3/t18-,22+/m1/s1. The highest BCUT2D eigenvalue weighted by Gasteiger charge is 2.51. The number of fused-ring (bicyclic) bond motifs is 2. The molecule has 6 heteroatoms. The summed E-state index contributed by atoms with van der Waals surface area (Å²) < 4.78 is 27.2. The number of nitrogens with zero attached hydrogens (tertiary/aromatic N) is 2. The van der Waals surface area contributed by atoms with Crippen molar-refractivity contribution in [2.75, 3.05) is 19.6 Å². The summed E-state index contributed by atoms with van der Waals surface area (Å²) in [5.74, 6) is 0.0355. The molecule has 4 rings (SSSR count). The lowest BCUT2D eigenvalue weighted by Gasteiger charge is -2.39. The Kier molecular flexibility index (Phi) is 4.86. The predicted molar refractivity (Wildman–Crippen MR) is 110 cm³/mol. The number of carbonyl (C=O) groups is 1. The molecular formula is C22H32N2O3S. The van der Waals surface area contributed by atoms with Gasteiger partial charge in [0.15, 0.2) is 0 Å². The lowest BCUT2D eigenvalue weighted by atomic mass is 9.65. The third-order valence-corrected chi connectivity index (χ3v) is 8.64. The summed E-state index contributed by atoms with van der Waals surface area (Å²) in [6.07, 6.45) is 6.18. The molecule has 1 aromatic carbocycles. The van der Waals surface area contributed by atoms with Gasteiger partial charge >= 0.3 is 0 Å². The minimum atomic E-state index is -3.45. The van der Waals surface area contributed by atoms with E-state index in [9.17, 15) is 13.2 Å². The zero-order chi connectivity index (χ0) is 20.2. The van der Waals surface area contributed by atoms with Gasteiger partial charge in [0.2, 0.25) is 10.0 Å². The quantitative estimate of drug-likeness (QED) is 0.768. The molecule has 2 heterocycles. The van der Waals surface area contributed by atoms with Crippen molar-refractivity contribution in [1.82, 2.24) is 9.21 Å². The second-order valence-electron chi connectivity index (χ2n) is 10.1. The van der Waals surface area contributed by atoms with Gasteiger partial charge in [-0.15, -0.1) is 0 Å². The fraction of sp³-hybridized carbons (Fsp3) is 0.682. The van der Waals surface area contributed by atoms with Gasteiger partial charge in [-0.25, -0.2) is 8.42 Å². The van der Waals surface area contributed by atoms with E-state index in [1.165, 1.54) is 0 Å². The van der Waals surface area contributed by atoms with Crippen LogP contribution >= 0.6 is 0 Å². The van der Waals surface area contributed by atoms with Gasteiger partial charge in [-0.05, 0) is 67.2 Å². The number of likely N-dealkylation sites (tertiary alicyclic amines) is 1. The highest BCUT2D eigenvalue weighted by Crippen LogP contribution is 2.52. The van der Waals surface area contributed by atoms with Crippen molar-refractivity contribution in [3.05, 3.63) is 29.8 Å². The van der Waals surface area contributed by atoms with E-state index < -0.39 is 10.0 Å². The van der Waals surface area contributed by atoms with Crippen molar-refractivity contribution in [3.63, 3.8) is 0 Å². The Morgan fingerprint density at radius 3 is 2.29 bits per heavy atom. The molecule has 0 N–H and O–H groups in total. The van der Waals surface area contributed by atoms with Crippen molar-refractivity contribution in [3.8, 4) is 0 Å². The Morgan fingerprint density at radius 2 is 1.64 bits per heavy atom. The summed E-state index contributed by atoms with van der Waals surface area (Å²) in [5.41, 5.74) is 1.05. The molecule has 3 fully saturated rings. The molecule has 1 amide bonds. The summed E-state index contributed by atoms with van der Waals surface area (Å²) >= 11 is 0. The maximum atomic E-state index is 13.2. The number of hydrogen-bond acceptors (Lipinski definition) is 3. The average Bonchev–Trinajstić information content (AvgIpc) is 2.90. The zero-order valence-corrected chi connectivity index (χ0v) is 18.1. The second-order valence-corrected chi connectivity index (χ2v) is 12.1. The van der Waals surface area contributed by atoms with Crippen LogP contribution in [0.2, 0.25) is 0 Å². The van der Waals surface area contributed by atoms with Crippen LogP contribution in [-0.2, 0) is 10.0 Å². The number of carbonyl (C=O) groups excluding carboxylic acids is 1. The van der Waals surface area contributed by atoms with Crippen molar-refractivity contribution < 1.29 is 13.2 Å². The molecule has 2 aliphatic heterocycles. The first-order chi connectivity index (χ1) is 13.1. The lowest BCUT2D eigenvalue weighted by molar-refractivity contribution is 0.0708. The van der Waals surface area contributed by atoms with E-state index in [1.54, 1.807) is 28.6 Å². The molecule has 2 atom stereocenters. The van der Waals surface area contributed by atoms with Gasteiger partial charge in [-0.1, -0.05) is 27.2 Å². The molecule has 0 radical (unpaired) electrons. The molecule has 2 saturated heterocycles. The summed E-state index contributed by atoms with van der Waals surface area (Å²) in [4.78, 5) is 15.5. The van der Waals surface area contributed by atoms with Gasteiger partial charge in [0, 0.05) is 31.2 Å². The Labute approximate surface area is 169 Å². The minimum Gasteiger partial charge on any atom is -0.335 e. The van der Waals surface area contributed by atoms with E-state index in [0.29, 0.717) is 23.5 Å². The minimum absolute atomic E-state index is 0.0355. The second kappa shape index (κ2) is 6.84. The molecule has 1 saturated carbocycles. The molecule has 0 unspecified atom stereocenters. The SMILES string of the molecule is CC1(C)C[C@@H]2C[C@](C)(CN2C(=O)c2ccc(S(=O)(=O)N3CCCCC3)cc2)C1. The van der Waals surface area contributed by atoms with Crippen LogP contribution < -0.4 is 0 Å². The first-order valence-electron chi connectivity index (χ1n) is 10.5. The average molecular weight is 405 g/mol. The van der Waals surface area contributed by atoms with Gasteiger partial charge in [-0.2, -0.15) is 4.31 Å². The number of rotatable bonds is 3. The van der Waals surface area contributed by atoms with Gasteiger partial charge < -0.3 is 4.90 Å². The predicted octanol–water partition coefficient (Wildman–Crippen LogP) is 3.90. The van der Waals surface area contributed by atoms with E-state index >= 15 is 0 Å². The maximum absolute atomic E-state index is 13.2. The monoisotopic (exact) mass is 404 g/mol. The van der Waals surface area contributed by atoms with Crippen LogP contribution in [0.4, 0.5) is 0 Å². The largest absolute Gasteiger partial charge is 0.335 e. The Morgan fingerprint density at radius 1 is 1.00 bits per heavy atom. The van der Waals surface area contributed by atoms with Gasteiger partial charge in [0.25, 0.3) is 5.91 Å². The summed E-state index contributed by atoms with van der Waals surface area (Å²) in [5, 5.41) is 0. The van der Waals surface area contributed by atoms with Crippen molar-refractivity contribution in [2.45, 2.75) is 70.2 Å². The van der Waals surface area contributed by atoms with Crippen LogP contribution in [0.5, 0.6) is 0 Å². The summed E-state index contributed by atoms with van der Waals surface area (Å²) in [6.45, 7) is 8.87. The Bertz CT molecular complexity index is 856. The van der Waals surface area contributed by atoms with Crippen LogP contribution in [-0.4, -0.2) is 49.2 Å². The smallest absolute Gasteiger partial charge is 0.254 e. The van der Waals surface area contributed by atoms with Crippen LogP contribution in [0.3, 0.4) is 0 Å². The van der Waals surface area contributed by atoms with E-state index in [0.717, 1.165) is 45.1 Å². The highest BCUT2D eigenvalue weighted by atomic mass is 32.2. The van der Waals surface area contributed by atoms with Crippen LogP contribution in [0.15, 0.2) is 29.2 Å². The first-order valence-corrected chi connectivity index (χ1v) is 12.0. The molecule has 1 aromatic rings. The van der Waals surface area contributed by atoms with E-state index in [4.69, 9.17) is 0 Å². The summed E-state index contributed by atoms with van der Waals surface area (Å²) in [7, 11) is -3.45. The van der Waals surface area contributed by atoms with Gasteiger partial charge in [0.1, 0.15) is 0 Å². The van der Waals surface area contributed by atoms with E-state index in [-0.39, 0.29) is 22.8 Å². The fourth-order valence-electron chi connectivity index (χ4n) is 5.89. The van der Waals surface area contributed by atoms with Crippen LogP contribution in [0.1, 0.15) is 69.7 Å². The van der Waals surface area contributed by atoms with Gasteiger partial charge in [0.05, 0.1) is 4.90 Å². The number of hydrogen-bond donors (Lipinski definition) is 0. The number of piperidine rings is 1. The molecular weight excluding hydrogens is 372 g/mol. The van der Waals surface area contributed by atoms with E-state index in [2.05, 4.69) is 20.8 Å². The zero-order valence-electron chi connectivity index (χ0n) is 17.3. The summed E-state index contributed by atoms with van der Waals surface area (Å²) in [6, 6.07) is 6.87. The third-order valence-electron chi connectivity index (χ3n) is 6.73. The molecule has 0 aromatic heterocycles. The van der Waals surface area contributed by atoms with Crippen molar-refractivity contribution in [2.24, 2.45) is 10.8 Å². The third kappa shape index (κ3) is 3.61. The maximum Gasteiger partial charge on any atom is 0.254 e. The molecule has 28 heavy (non-hydrogen) atoms. The molecule has 2 bridgehead atoms. The van der Waals surface area contributed by atoms with Gasteiger partial charge in [-0.3, -0.25) is 4.79 Å². The van der Waals surface area contributed by atoms with E-state index in [1.807, 2.05) is 4.90 Å². The number of sulfonamides is 1. The van der Waals surface area contributed by atoms with Crippen molar-refractivity contribution in [1.29, 1.82) is 0 Å². The first kappa shape index (κ1) is 19.9. The normalized spacial score (nSPS) is 30.4. The Balaban J connectivity index is 1.52. The fourth-order valence-corrected chi connectivity index (χ4v) is 7.40. The van der Waals surface area contributed by atoms with Crippen LogP contribution in [0.25, 0.3) is 0 Å². The molecule has 3 aliphatic rings. The highest BCUT2D eigenvalue weighted by molar-refractivity contribution is 7.89. The molecule has 0 spiro atoms. The Hall–Kier alpha value is -1.40. The number of benzene rings is 1. The van der Waals surface area contributed by atoms with Crippen LogP contribution in [0, 0.1) is 10.8 Å². The number of amides is 1. The molecule has 5 nitrogen and oxygen atoms in total. The van der Waals surface area contributed by atoms with Crippen molar-refractivity contribution >= 4 is 15.9 Å².